The van der Waals surface area contributed by atoms with Crippen molar-refractivity contribution < 1.29 is 0 Å². The Hall–Kier alpha value is -1.61. The average Bonchev–Trinajstić information content (AvgIpc) is 3.02. The highest BCUT2D eigenvalue weighted by molar-refractivity contribution is 5.39. The highest BCUT2D eigenvalue weighted by Crippen LogP contribution is 2.19. The molecule has 3 rings (SSSR count). The lowest BCUT2D eigenvalue weighted by Crippen LogP contribution is -2.14. The number of benzene rings is 1. The monoisotopic (exact) mass is 241 g/mol. The Labute approximate surface area is 108 Å². The maximum atomic E-state index is 4.44. The van der Waals surface area contributed by atoms with Crippen LogP contribution in [0.2, 0.25) is 0 Å². The van der Waals surface area contributed by atoms with Crippen LogP contribution in [0.4, 0.5) is 0 Å². The molecule has 1 aromatic carbocycles. The van der Waals surface area contributed by atoms with Gasteiger partial charge in [0.1, 0.15) is 0 Å². The van der Waals surface area contributed by atoms with Crippen LogP contribution in [0, 0.1) is 13.8 Å². The number of hydrogen-bond donors (Lipinski definition) is 1. The van der Waals surface area contributed by atoms with E-state index in [1.54, 1.807) is 0 Å². The molecule has 0 aliphatic heterocycles. The van der Waals surface area contributed by atoms with Crippen LogP contribution < -0.4 is 5.32 Å². The van der Waals surface area contributed by atoms with Crippen LogP contribution in [-0.4, -0.2) is 15.8 Å². The first kappa shape index (κ1) is 11.5. The summed E-state index contributed by atoms with van der Waals surface area (Å²) in [5.41, 5.74) is 4.95. The second-order valence-electron chi connectivity index (χ2n) is 5.29. The molecular formula is C15H19N3. The molecule has 1 saturated carbocycles. The number of aryl methyl sites for hydroxylation is 2. The zero-order valence-electron chi connectivity index (χ0n) is 11.0. The number of rotatable bonds is 4. The highest BCUT2D eigenvalue weighted by Gasteiger charge is 2.20. The van der Waals surface area contributed by atoms with E-state index in [0.29, 0.717) is 0 Å². The quantitative estimate of drug-likeness (QED) is 0.892. The minimum Gasteiger partial charge on any atom is -0.310 e. The molecule has 0 spiro atoms. The molecule has 1 fully saturated rings. The van der Waals surface area contributed by atoms with E-state index in [-0.39, 0.29) is 0 Å². The number of nitrogens with zero attached hydrogens (tertiary/aromatic N) is 2. The van der Waals surface area contributed by atoms with E-state index in [9.17, 15) is 0 Å². The van der Waals surface area contributed by atoms with Crippen molar-refractivity contribution >= 4 is 0 Å². The number of nitrogens with one attached hydrogen (secondary N) is 1. The first-order chi connectivity index (χ1) is 8.70. The molecule has 0 atom stereocenters. The van der Waals surface area contributed by atoms with E-state index in [2.05, 4.69) is 48.7 Å². The van der Waals surface area contributed by atoms with Gasteiger partial charge in [-0.3, -0.25) is 0 Å². The van der Waals surface area contributed by atoms with Crippen molar-refractivity contribution in [2.45, 2.75) is 39.3 Å². The summed E-state index contributed by atoms with van der Waals surface area (Å²) in [5, 5.41) is 7.95. The van der Waals surface area contributed by atoms with Crippen molar-refractivity contribution in [2.75, 3.05) is 0 Å². The maximum Gasteiger partial charge on any atom is 0.0650 e. The summed E-state index contributed by atoms with van der Waals surface area (Å²) in [6, 6.07) is 7.26. The normalized spacial score (nSPS) is 15.0. The van der Waals surface area contributed by atoms with Gasteiger partial charge < -0.3 is 5.32 Å². The molecular weight excluding hydrogens is 222 g/mol. The van der Waals surface area contributed by atoms with Crippen LogP contribution in [0.15, 0.2) is 30.6 Å². The summed E-state index contributed by atoms with van der Waals surface area (Å²) in [6.45, 7) is 5.17. The topological polar surface area (TPSA) is 29.9 Å². The molecule has 94 valence electrons. The van der Waals surface area contributed by atoms with Crippen LogP contribution in [0.25, 0.3) is 5.69 Å². The molecule has 1 aliphatic rings. The molecule has 0 unspecified atom stereocenters. The Morgan fingerprint density at radius 1 is 1.22 bits per heavy atom. The van der Waals surface area contributed by atoms with Gasteiger partial charge >= 0.3 is 0 Å². The second-order valence-corrected chi connectivity index (χ2v) is 5.29. The minimum absolute atomic E-state index is 0.745. The van der Waals surface area contributed by atoms with Crippen LogP contribution >= 0.6 is 0 Å². The molecule has 0 saturated heterocycles. The third-order valence-corrected chi connectivity index (χ3v) is 3.28. The molecule has 3 heteroatoms. The van der Waals surface area contributed by atoms with Crippen molar-refractivity contribution in [3.8, 4) is 5.69 Å². The Kier molecular flexibility index (Phi) is 2.92. The van der Waals surface area contributed by atoms with Crippen molar-refractivity contribution in [3.05, 3.63) is 47.3 Å². The zero-order chi connectivity index (χ0) is 12.5. The summed E-state index contributed by atoms with van der Waals surface area (Å²) in [6.07, 6.45) is 6.72. The van der Waals surface area contributed by atoms with Gasteiger partial charge in [-0.05, 0) is 49.9 Å². The lowest BCUT2D eigenvalue weighted by atomic mass is 10.1. The Bertz CT molecular complexity index is 532. The SMILES string of the molecule is Cc1cc(C)cc(-n2cc(CNC3CC3)cn2)c1. The fourth-order valence-corrected chi connectivity index (χ4v) is 2.23. The molecule has 1 aromatic heterocycles. The van der Waals surface area contributed by atoms with E-state index in [1.807, 2.05) is 10.9 Å². The first-order valence-electron chi connectivity index (χ1n) is 6.56. The first-order valence-corrected chi connectivity index (χ1v) is 6.56. The molecule has 2 aromatic rings. The van der Waals surface area contributed by atoms with Gasteiger partial charge in [0.05, 0.1) is 11.9 Å². The molecule has 18 heavy (non-hydrogen) atoms. The van der Waals surface area contributed by atoms with Crippen molar-refractivity contribution in [1.29, 1.82) is 0 Å². The molecule has 1 aliphatic carbocycles. The van der Waals surface area contributed by atoms with Crippen LogP contribution in [0.3, 0.4) is 0 Å². The van der Waals surface area contributed by atoms with E-state index in [1.165, 1.54) is 29.5 Å². The minimum atomic E-state index is 0.745. The lowest BCUT2D eigenvalue weighted by Gasteiger charge is -2.04. The molecule has 1 heterocycles. The van der Waals surface area contributed by atoms with Crippen LogP contribution in [0.5, 0.6) is 0 Å². The summed E-state index contributed by atoms with van der Waals surface area (Å²) in [4.78, 5) is 0. The average molecular weight is 241 g/mol. The summed E-state index contributed by atoms with van der Waals surface area (Å²) in [7, 11) is 0. The number of aromatic nitrogens is 2. The summed E-state index contributed by atoms with van der Waals surface area (Å²) < 4.78 is 1.96. The Balaban J connectivity index is 1.78. The highest BCUT2D eigenvalue weighted by atomic mass is 15.3. The molecule has 3 nitrogen and oxygen atoms in total. The van der Waals surface area contributed by atoms with E-state index >= 15 is 0 Å². The van der Waals surface area contributed by atoms with Crippen molar-refractivity contribution in [3.63, 3.8) is 0 Å². The van der Waals surface area contributed by atoms with Gasteiger partial charge in [0.2, 0.25) is 0 Å². The second kappa shape index (κ2) is 4.58. The van der Waals surface area contributed by atoms with Gasteiger partial charge in [0.15, 0.2) is 0 Å². The van der Waals surface area contributed by atoms with Gasteiger partial charge in [0.25, 0.3) is 0 Å². The van der Waals surface area contributed by atoms with Gasteiger partial charge in [-0.2, -0.15) is 5.10 Å². The third kappa shape index (κ3) is 2.62. The predicted molar refractivity (Wildman–Crippen MR) is 72.9 cm³/mol. The van der Waals surface area contributed by atoms with E-state index in [4.69, 9.17) is 0 Å². The van der Waals surface area contributed by atoms with Gasteiger partial charge in [-0.25, -0.2) is 4.68 Å². The third-order valence-electron chi connectivity index (χ3n) is 3.28. The maximum absolute atomic E-state index is 4.44. The van der Waals surface area contributed by atoms with Gasteiger partial charge in [0, 0.05) is 24.3 Å². The zero-order valence-corrected chi connectivity index (χ0v) is 11.0. The van der Waals surface area contributed by atoms with Crippen LogP contribution in [-0.2, 0) is 6.54 Å². The van der Waals surface area contributed by atoms with Crippen LogP contribution in [0.1, 0.15) is 29.5 Å². The number of hydrogen-bond acceptors (Lipinski definition) is 2. The van der Waals surface area contributed by atoms with Gasteiger partial charge in [-0.15, -0.1) is 0 Å². The molecule has 0 amide bonds. The van der Waals surface area contributed by atoms with Crippen molar-refractivity contribution in [1.82, 2.24) is 15.1 Å². The Morgan fingerprint density at radius 2 is 1.94 bits per heavy atom. The molecule has 0 bridgehead atoms. The summed E-state index contributed by atoms with van der Waals surface area (Å²) in [5.74, 6) is 0. The fourth-order valence-electron chi connectivity index (χ4n) is 2.23. The molecule has 0 radical (unpaired) electrons. The predicted octanol–water partition coefficient (Wildman–Crippen LogP) is 2.74. The Morgan fingerprint density at radius 3 is 2.61 bits per heavy atom. The largest absolute Gasteiger partial charge is 0.310 e. The van der Waals surface area contributed by atoms with E-state index in [0.717, 1.165) is 18.3 Å². The summed E-state index contributed by atoms with van der Waals surface area (Å²) >= 11 is 0. The molecule has 1 N–H and O–H groups in total. The van der Waals surface area contributed by atoms with Gasteiger partial charge in [-0.1, -0.05) is 6.07 Å². The van der Waals surface area contributed by atoms with E-state index < -0.39 is 0 Å². The smallest absolute Gasteiger partial charge is 0.0650 e. The fraction of sp³-hybridized carbons (Fsp3) is 0.400. The standard InChI is InChI=1S/C15H19N3/c1-11-5-12(2)7-15(6-11)18-10-13(9-17-18)8-16-14-3-4-14/h5-7,9-10,14,16H,3-4,8H2,1-2H3. The lowest BCUT2D eigenvalue weighted by molar-refractivity contribution is 0.687. The van der Waals surface area contributed by atoms with Crippen molar-refractivity contribution in [2.24, 2.45) is 0 Å².